The fourth-order valence-corrected chi connectivity index (χ4v) is 4.96. The van der Waals surface area contributed by atoms with Crippen LogP contribution in [-0.2, 0) is 14.8 Å². The van der Waals surface area contributed by atoms with Gasteiger partial charge in [-0.25, -0.2) is 18.0 Å². The summed E-state index contributed by atoms with van der Waals surface area (Å²) in [5.74, 6) is -1.16. The van der Waals surface area contributed by atoms with Gasteiger partial charge in [0.15, 0.2) is 0 Å². The van der Waals surface area contributed by atoms with E-state index in [2.05, 4.69) is 4.72 Å². The lowest BCUT2D eigenvalue weighted by Crippen LogP contribution is -2.49. The summed E-state index contributed by atoms with van der Waals surface area (Å²) >= 11 is 0. The van der Waals surface area contributed by atoms with E-state index in [1.165, 1.54) is 12.1 Å². The lowest BCUT2D eigenvalue weighted by atomic mass is 10.1. The van der Waals surface area contributed by atoms with Crippen LogP contribution in [0, 0.1) is 13.8 Å². The van der Waals surface area contributed by atoms with Crippen molar-refractivity contribution in [3.8, 4) is 0 Å². The molecule has 0 spiro atoms. The van der Waals surface area contributed by atoms with Gasteiger partial charge >= 0.3 is 12.1 Å². The number of carbonyl (C=O) groups is 2. The Morgan fingerprint density at radius 1 is 1.06 bits per heavy atom. The van der Waals surface area contributed by atoms with Gasteiger partial charge in [-0.2, -0.15) is 0 Å². The number of carbonyl (C=O) groups excluding carboxylic acids is 1. The van der Waals surface area contributed by atoms with E-state index in [9.17, 15) is 23.1 Å². The number of amides is 1. The van der Waals surface area contributed by atoms with E-state index in [4.69, 9.17) is 4.74 Å². The van der Waals surface area contributed by atoms with E-state index in [1.807, 2.05) is 11.0 Å². The third-order valence-electron chi connectivity index (χ3n) is 5.27. The number of benzene rings is 2. The first kappa shape index (κ1) is 23.4. The number of hydrogen-bond acceptors (Lipinski definition) is 6. The predicted octanol–water partition coefficient (Wildman–Crippen LogP) is 3.08. The first-order chi connectivity index (χ1) is 15.1. The van der Waals surface area contributed by atoms with Gasteiger partial charge in [-0.3, -0.25) is 4.72 Å². The van der Waals surface area contributed by atoms with Gasteiger partial charge in [0.25, 0.3) is 10.0 Å². The van der Waals surface area contributed by atoms with Crippen LogP contribution < -0.4 is 9.62 Å². The summed E-state index contributed by atoms with van der Waals surface area (Å²) in [4.78, 5) is 27.1. The highest BCUT2D eigenvalue weighted by Gasteiger charge is 2.26. The number of rotatable bonds is 6. The minimum Gasteiger partial charge on any atom is -0.478 e. The molecular weight excluding hydrogens is 434 g/mol. The molecule has 0 unspecified atom stereocenters. The van der Waals surface area contributed by atoms with Gasteiger partial charge in [-0.1, -0.05) is 12.1 Å². The van der Waals surface area contributed by atoms with Gasteiger partial charge in [0, 0.05) is 26.2 Å². The Bertz CT molecular complexity index is 1120. The molecule has 9 nitrogen and oxygen atoms in total. The minimum absolute atomic E-state index is 0.0300. The molecule has 172 valence electrons. The molecule has 0 aliphatic carbocycles. The van der Waals surface area contributed by atoms with Crippen LogP contribution in [0.25, 0.3) is 0 Å². The molecule has 1 fully saturated rings. The molecule has 0 atom stereocenters. The van der Waals surface area contributed by atoms with Gasteiger partial charge < -0.3 is 19.6 Å². The van der Waals surface area contributed by atoms with Crippen LogP contribution in [-0.4, -0.2) is 63.3 Å². The van der Waals surface area contributed by atoms with Crippen molar-refractivity contribution in [1.29, 1.82) is 0 Å². The fourth-order valence-electron chi connectivity index (χ4n) is 3.57. The average molecular weight is 462 g/mol. The Morgan fingerprint density at radius 2 is 1.75 bits per heavy atom. The van der Waals surface area contributed by atoms with E-state index in [-0.39, 0.29) is 22.2 Å². The molecule has 32 heavy (non-hydrogen) atoms. The quantitative estimate of drug-likeness (QED) is 0.679. The van der Waals surface area contributed by atoms with Gasteiger partial charge in [-0.15, -0.1) is 0 Å². The Morgan fingerprint density at radius 3 is 2.38 bits per heavy atom. The third-order valence-corrected chi connectivity index (χ3v) is 6.77. The maximum absolute atomic E-state index is 13.2. The molecule has 1 amide bonds. The topological polar surface area (TPSA) is 116 Å². The van der Waals surface area contributed by atoms with Gasteiger partial charge in [0.05, 0.1) is 28.4 Å². The number of aryl methyl sites for hydroxylation is 2. The number of nitrogens with one attached hydrogen (secondary N) is 1. The molecule has 1 saturated heterocycles. The van der Waals surface area contributed by atoms with Crippen molar-refractivity contribution in [2.45, 2.75) is 25.7 Å². The molecule has 0 aromatic heterocycles. The number of anilines is 2. The van der Waals surface area contributed by atoms with Crippen LogP contribution in [0.3, 0.4) is 0 Å². The molecule has 10 heteroatoms. The van der Waals surface area contributed by atoms with E-state index in [0.29, 0.717) is 44.0 Å². The van der Waals surface area contributed by atoms with Crippen LogP contribution in [0.4, 0.5) is 16.2 Å². The van der Waals surface area contributed by atoms with Crippen LogP contribution in [0.2, 0.25) is 0 Å². The molecule has 2 aromatic rings. The maximum Gasteiger partial charge on any atom is 0.409 e. The Kier molecular flexibility index (Phi) is 6.93. The SMILES string of the molecule is CCOC(=O)N1CCN(c2ccc(C(=O)O)cc2NS(=O)(=O)c2cc(C)ccc2C)CC1. The number of ether oxygens (including phenoxy) is 1. The highest BCUT2D eigenvalue weighted by Crippen LogP contribution is 2.31. The molecule has 0 saturated carbocycles. The van der Waals surface area contributed by atoms with E-state index in [0.717, 1.165) is 5.56 Å². The number of aromatic carboxylic acids is 1. The molecule has 0 bridgehead atoms. The number of carboxylic acid groups (broad SMARTS) is 1. The van der Waals surface area contributed by atoms with Crippen LogP contribution in [0.5, 0.6) is 0 Å². The van der Waals surface area contributed by atoms with Gasteiger partial charge in [0.1, 0.15) is 0 Å². The second-order valence-electron chi connectivity index (χ2n) is 7.58. The fraction of sp³-hybridized carbons (Fsp3) is 0.364. The molecule has 1 aliphatic rings. The maximum atomic E-state index is 13.2. The molecule has 2 N–H and O–H groups in total. The standard InChI is InChI=1S/C22H27N3O6S/c1-4-31-22(28)25-11-9-24(10-12-25)19-8-7-17(21(26)27)14-18(19)23-32(29,30)20-13-15(2)5-6-16(20)3/h5-8,13-14,23H,4,9-12H2,1-3H3,(H,26,27). The Balaban J connectivity index is 1.92. The number of sulfonamides is 1. The monoisotopic (exact) mass is 461 g/mol. The van der Waals surface area contributed by atoms with Crippen molar-refractivity contribution in [3.05, 3.63) is 53.1 Å². The highest BCUT2D eigenvalue weighted by atomic mass is 32.2. The highest BCUT2D eigenvalue weighted by molar-refractivity contribution is 7.92. The Hall–Kier alpha value is -3.27. The smallest absolute Gasteiger partial charge is 0.409 e. The minimum atomic E-state index is -3.96. The number of carboxylic acids is 1. The molecule has 1 heterocycles. The first-order valence-electron chi connectivity index (χ1n) is 10.3. The summed E-state index contributed by atoms with van der Waals surface area (Å²) in [7, 11) is -3.96. The van der Waals surface area contributed by atoms with Crippen molar-refractivity contribution < 1.29 is 27.9 Å². The second-order valence-corrected chi connectivity index (χ2v) is 9.24. The zero-order valence-electron chi connectivity index (χ0n) is 18.3. The van der Waals surface area contributed by atoms with E-state index >= 15 is 0 Å². The third kappa shape index (κ3) is 5.13. The Labute approximate surface area is 187 Å². The van der Waals surface area contributed by atoms with Crippen molar-refractivity contribution >= 4 is 33.5 Å². The molecule has 1 aliphatic heterocycles. The van der Waals surface area contributed by atoms with E-state index < -0.39 is 16.0 Å². The van der Waals surface area contributed by atoms with Gasteiger partial charge in [0.2, 0.25) is 0 Å². The summed E-state index contributed by atoms with van der Waals surface area (Å²) in [6, 6.07) is 9.48. The lowest BCUT2D eigenvalue weighted by molar-refractivity contribution is 0.0696. The van der Waals surface area contributed by atoms with Crippen molar-refractivity contribution in [1.82, 2.24) is 4.90 Å². The molecule has 2 aromatic carbocycles. The summed E-state index contributed by atoms with van der Waals surface area (Å²) in [5.41, 5.74) is 2.08. The predicted molar refractivity (Wildman–Crippen MR) is 121 cm³/mol. The number of hydrogen-bond donors (Lipinski definition) is 2. The summed E-state index contributed by atoms with van der Waals surface area (Å²) in [6.07, 6.45) is -0.385. The van der Waals surface area contributed by atoms with Crippen molar-refractivity contribution in [2.24, 2.45) is 0 Å². The van der Waals surface area contributed by atoms with E-state index in [1.54, 1.807) is 43.9 Å². The number of nitrogens with zero attached hydrogens (tertiary/aromatic N) is 2. The van der Waals surface area contributed by atoms with Crippen LogP contribution >= 0.6 is 0 Å². The van der Waals surface area contributed by atoms with Gasteiger partial charge in [-0.05, 0) is 56.2 Å². The van der Waals surface area contributed by atoms with Crippen molar-refractivity contribution in [3.63, 3.8) is 0 Å². The normalized spacial score (nSPS) is 14.2. The van der Waals surface area contributed by atoms with Crippen LogP contribution in [0.1, 0.15) is 28.4 Å². The molecular formula is C22H27N3O6S. The first-order valence-corrected chi connectivity index (χ1v) is 11.7. The summed E-state index contributed by atoms with van der Waals surface area (Å²) < 4.78 is 33.9. The molecule has 0 radical (unpaired) electrons. The average Bonchev–Trinajstić information content (AvgIpc) is 2.75. The second kappa shape index (κ2) is 9.47. The van der Waals surface area contributed by atoms with Crippen molar-refractivity contribution in [2.75, 3.05) is 42.4 Å². The summed E-state index contributed by atoms with van der Waals surface area (Å²) in [5, 5.41) is 9.40. The number of piperazine rings is 1. The molecule has 3 rings (SSSR count). The van der Waals surface area contributed by atoms with Crippen LogP contribution in [0.15, 0.2) is 41.3 Å². The summed E-state index contributed by atoms with van der Waals surface area (Å²) in [6.45, 7) is 7.25. The zero-order chi connectivity index (χ0) is 23.5. The lowest BCUT2D eigenvalue weighted by Gasteiger charge is -2.36. The zero-order valence-corrected chi connectivity index (χ0v) is 19.1. The largest absolute Gasteiger partial charge is 0.478 e.